The summed E-state index contributed by atoms with van der Waals surface area (Å²) in [5.74, 6) is 0. The van der Waals surface area contributed by atoms with Crippen molar-refractivity contribution in [2.45, 2.75) is 52.6 Å². The first-order valence-electron chi connectivity index (χ1n) is 5.62. The second kappa shape index (κ2) is 9.03. The van der Waals surface area contributed by atoms with Gasteiger partial charge in [-0.05, 0) is 34.2 Å². The molecule has 0 atom stereocenters. The van der Waals surface area contributed by atoms with Crippen LogP contribution in [0, 0.1) is 6.55 Å². The Hall–Kier alpha value is 0.774. The van der Waals surface area contributed by atoms with Gasteiger partial charge in [-0.3, -0.25) is 0 Å². The molecule has 0 rings (SSSR count). The molecule has 0 N–H and O–H groups in total. The van der Waals surface area contributed by atoms with Crippen LogP contribution in [0.1, 0.15) is 39.5 Å². The summed E-state index contributed by atoms with van der Waals surface area (Å²) >= 11 is 0. The molecule has 0 heterocycles. The van der Waals surface area contributed by atoms with Crippen LogP contribution in [0.15, 0.2) is 0 Å². The molecule has 0 fully saturated rings. The number of unbranched alkanes of at least 4 members (excludes halogenated alkanes) is 2. The molecule has 0 aliphatic rings. The minimum atomic E-state index is -1.28. The fourth-order valence-electron chi connectivity index (χ4n) is 1.42. The molecule has 0 aliphatic carbocycles. The molecular weight excluding hydrogens is 181 g/mol. The summed E-state index contributed by atoms with van der Waals surface area (Å²) in [6, 6.07) is 0. The van der Waals surface area contributed by atoms with Gasteiger partial charge in [0.15, 0.2) is 0 Å². The van der Waals surface area contributed by atoms with E-state index in [9.17, 15) is 0 Å². The SMILES string of the molecule is [CH2-][Si](C)(C)N(CCCC)CCCC.[Li+]. The van der Waals surface area contributed by atoms with E-state index in [1.54, 1.807) is 0 Å². The van der Waals surface area contributed by atoms with Gasteiger partial charge in [-0.2, -0.15) is 0 Å². The Balaban J connectivity index is 0. The van der Waals surface area contributed by atoms with Crippen molar-refractivity contribution in [2.75, 3.05) is 13.1 Å². The monoisotopic (exact) mass is 207 g/mol. The maximum Gasteiger partial charge on any atom is 1.00 e. The topological polar surface area (TPSA) is 3.24 Å². The van der Waals surface area contributed by atoms with E-state index in [2.05, 4.69) is 38.1 Å². The Morgan fingerprint density at radius 2 is 1.36 bits per heavy atom. The minimum Gasteiger partial charge on any atom is -0.351 e. The zero-order valence-electron chi connectivity index (χ0n) is 10.9. The van der Waals surface area contributed by atoms with Gasteiger partial charge in [0.25, 0.3) is 0 Å². The number of nitrogens with zero attached hydrogens (tertiary/aromatic N) is 1. The molecule has 0 aromatic carbocycles. The van der Waals surface area contributed by atoms with E-state index in [1.165, 1.54) is 38.8 Å². The van der Waals surface area contributed by atoms with Crippen LogP contribution in [0.2, 0.25) is 13.1 Å². The van der Waals surface area contributed by atoms with Crippen LogP contribution in [-0.4, -0.2) is 25.9 Å². The molecule has 0 amide bonds. The van der Waals surface area contributed by atoms with Gasteiger partial charge in [0.2, 0.25) is 0 Å². The Kier molecular flexibility index (Phi) is 11.1. The van der Waals surface area contributed by atoms with Crippen molar-refractivity contribution < 1.29 is 18.9 Å². The first kappa shape index (κ1) is 17.2. The minimum absolute atomic E-state index is 0. The Bertz CT molecular complexity index is 115. The maximum atomic E-state index is 4.34. The second-order valence-electron chi connectivity index (χ2n) is 4.51. The Morgan fingerprint density at radius 1 is 1.00 bits per heavy atom. The second-order valence-corrected chi connectivity index (χ2v) is 8.76. The van der Waals surface area contributed by atoms with Crippen LogP contribution in [0.4, 0.5) is 0 Å². The van der Waals surface area contributed by atoms with Crippen LogP contribution in [0.25, 0.3) is 0 Å². The molecule has 0 radical (unpaired) electrons. The smallest absolute Gasteiger partial charge is 0.351 e. The maximum absolute atomic E-state index is 4.34. The van der Waals surface area contributed by atoms with Crippen molar-refractivity contribution in [2.24, 2.45) is 0 Å². The van der Waals surface area contributed by atoms with Gasteiger partial charge in [-0.25, -0.2) is 0 Å². The zero-order chi connectivity index (χ0) is 10.3. The van der Waals surface area contributed by atoms with Gasteiger partial charge in [-0.1, -0.05) is 39.8 Å². The van der Waals surface area contributed by atoms with Crippen molar-refractivity contribution in [3.8, 4) is 0 Å². The third kappa shape index (κ3) is 8.11. The summed E-state index contributed by atoms with van der Waals surface area (Å²) in [6.07, 6.45) is 5.26. The Labute approximate surface area is 104 Å². The first-order chi connectivity index (χ1) is 6.02. The van der Waals surface area contributed by atoms with Crippen molar-refractivity contribution in [3.63, 3.8) is 0 Å². The van der Waals surface area contributed by atoms with E-state index in [-0.39, 0.29) is 18.9 Å². The first-order valence-corrected chi connectivity index (χ1v) is 8.78. The van der Waals surface area contributed by atoms with Crippen molar-refractivity contribution in [1.82, 2.24) is 4.57 Å². The molecule has 3 heteroatoms. The molecule has 0 saturated carbocycles. The van der Waals surface area contributed by atoms with E-state index in [4.69, 9.17) is 0 Å². The molecule has 80 valence electrons. The van der Waals surface area contributed by atoms with E-state index in [0.29, 0.717) is 0 Å². The van der Waals surface area contributed by atoms with Crippen molar-refractivity contribution >= 4 is 8.24 Å². The van der Waals surface area contributed by atoms with Gasteiger partial charge in [0, 0.05) is 0 Å². The fourth-order valence-corrected chi connectivity index (χ4v) is 2.94. The average molecular weight is 207 g/mol. The zero-order valence-corrected chi connectivity index (χ0v) is 11.9. The van der Waals surface area contributed by atoms with E-state index >= 15 is 0 Å². The van der Waals surface area contributed by atoms with Crippen LogP contribution in [0.3, 0.4) is 0 Å². The molecule has 14 heavy (non-hydrogen) atoms. The summed E-state index contributed by atoms with van der Waals surface area (Å²) < 4.78 is 2.64. The molecule has 0 saturated heterocycles. The molecule has 0 bridgehead atoms. The number of rotatable bonds is 7. The summed E-state index contributed by atoms with van der Waals surface area (Å²) in [5.41, 5.74) is 0. The fraction of sp³-hybridized carbons (Fsp3) is 0.909. The molecule has 0 spiro atoms. The van der Waals surface area contributed by atoms with E-state index in [1.807, 2.05) is 0 Å². The van der Waals surface area contributed by atoms with Gasteiger partial charge in [0.05, 0.1) is 0 Å². The summed E-state index contributed by atoms with van der Waals surface area (Å²) in [7, 11) is -1.28. The molecule has 0 aromatic heterocycles. The van der Waals surface area contributed by atoms with Crippen LogP contribution < -0.4 is 18.9 Å². The normalized spacial score (nSPS) is 11.6. The third-order valence-electron chi connectivity index (χ3n) is 2.42. The third-order valence-corrected chi connectivity index (χ3v) is 4.58. The molecule has 0 aliphatic heterocycles. The van der Waals surface area contributed by atoms with Gasteiger partial charge >= 0.3 is 18.9 Å². The van der Waals surface area contributed by atoms with Crippen molar-refractivity contribution in [1.29, 1.82) is 0 Å². The standard InChI is InChI=1S/C11H26NSi.Li/c1-6-8-10-12(11-9-7-2)13(3,4)5;/h3,6-11H2,1-2,4-5H3;/q-1;+1. The van der Waals surface area contributed by atoms with Crippen molar-refractivity contribution in [3.05, 3.63) is 6.55 Å². The van der Waals surface area contributed by atoms with Crippen LogP contribution in [-0.2, 0) is 0 Å². The molecular formula is C11H26LiNSi. The summed E-state index contributed by atoms with van der Waals surface area (Å²) in [6.45, 7) is 16.1. The van der Waals surface area contributed by atoms with Crippen LogP contribution in [0.5, 0.6) is 0 Å². The predicted molar refractivity (Wildman–Crippen MR) is 64.2 cm³/mol. The largest absolute Gasteiger partial charge is 1.00 e. The Morgan fingerprint density at radius 3 is 1.57 bits per heavy atom. The predicted octanol–water partition coefficient (Wildman–Crippen LogP) is 0.471. The van der Waals surface area contributed by atoms with E-state index in [0.717, 1.165) is 0 Å². The molecule has 1 nitrogen and oxygen atoms in total. The van der Waals surface area contributed by atoms with Crippen LogP contribution >= 0.6 is 0 Å². The quantitative estimate of drug-likeness (QED) is 0.433. The average Bonchev–Trinajstić information content (AvgIpc) is 2.02. The van der Waals surface area contributed by atoms with E-state index < -0.39 is 8.24 Å². The number of hydrogen-bond donors (Lipinski definition) is 0. The van der Waals surface area contributed by atoms with Gasteiger partial charge < -0.3 is 11.1 Å². The molecule has 0 unspecified atom stereocenters. The molecule has 0 aromatic rings. The van der Waals surface area contributed by atoms with Gasteiger partial charge in [-0.15, -0.1) is 0 Å². The van der Waals surface area contributed by atoms with Gasteiger partial charge in [0.1, 0.15) is 0 Å². The summed E-state index contributed by atoms with van der Waals surface area (Å²) in [5, 5.41) is 0. The number of hydrogen-bond acceptors (Lipinski definition) is 1. The summed E-state index contributed by atoms with van der Waals surface area (Å²) in [4.78, 5) is 0.